The molecule has 2 N–H and O–H groups in total. The first-order valence-electron chi connectivity index (χ1n) is 5.95. The number of hydrogen-bond acceptors (Lipinski definition) is 3. The van der Waals surface area contributed by atoms with Gasteiger partial charge in [-0.15, -0.1) is 0 Å². The smallest absolute Gasteiger partial charge is 0.322 e. The van der Waals surface area contributed by atoms with E-state index < -0.39 is 6.04 Å². The van der Waals surface area contributed by atoms with E-state index in [-0.39, 0.29) is 18.0 Å². The van der Waals surface area contributed by atoms with E-state index in [9.17, 15) is 4.79 Å². The first-order valence-corrected chi connectivity index (χ1v) is 5.95. The molecule has 0 fully saturated rings. The predicted octanol–water partition coefficient (Wildman–Crippen LogP) is 2.38. The van der Waals surface area contributed by atoms with Crippen LogP contribution in [0, 0.1) is 6.92 Å². The lowest BCUT2D eigenvalue weighted by Crippen LogP contribution is -2.33. The van der Waals surface area contributed by atoms with E-state index in [0.717, 1.165) is 0 Å². The van der Waals surface area contributed by atoms with Gasteiger partial charge < -0.3 is 10.5 Å². The molecule has 0 amide bonds. The third-order valence-electron chi connectivity index (χ3n) is 3.06. The Bertz CT molecular complexity index is 388. The Labute approximate surface area is 103 Å². The average Bonchev–Trinajstić information content (AvgIpc) is 2.28. The molecule has 1 rings (SSSR count). The number of benzene rings is 1. The summed E-state index contributed by atoms with van der Waals surface area (Å²) in [5.74, 6) is -0.183. The summed E-state index contributed by atoms with van der Waals surface area (Å²) in [6, 6.07) is 7.56. The van der Waals surface area contributed by atoms with Crippen molar-refractivity contribution in [2.24, 2.45) is 5.73 Å². The number of rotatable bonds is 4. The monoisotopic (exact) mass is 235 g/mol. The maximum absolute atomic E-state index is 11.4. The summed E-state index contributed by atoms with van der Waals surface area (Å²) in [6.07, 6.45) is -0.172. The van der Waals surface area contributed by atoms with E-state index in [1.807, 2.05) is 19.1 Å². The van der Waals surface area contributed by atoms with E-state index >= 15 is 0 Å². The Morgan fingerprint density at radius 3 is 2.35 bits per heavy atom. The highest BCUT2D eigenvalue weighted by Gasteiger charge is 2.21. The molecule has 0 spiro atoms. The quantitative estimate of drug-likeness (QED) is 0.815. The molecule has 0 heterocycles. The lowest BCUT2D eigenvalue weighted by atomic mass is 9.92. The van der Waals surface area contributed by atoms with Gasteiger partial charge in [0, 0.05) is 5.92 Å². The van der Waals surface area contributed by atoms with Crippen LogP contribution in [0.15, 0.2) is 24.3 Å². The zero-order valence-electron chi connectivity index (χ0n) is 10.9. The van der Waals surface area contributed by atoms with Crippen LogP contribution >= 0.6 is 0 Å². The van der Waals surface area contributed by atoms with Crippen molar-refractivity contribution >= 4 is 5.97 Å². The lowest BCUT2D eigenvalue weighted by Gasteiger charge is -2.23. The van der Waals surface area contributed by atoms with Gasteiger partial charge in [-0.05, 0) is 31.9 Å². The maximum atomic E-state index is 11.4. The Kier molecular flexibility index (Phi) is 4.70. The number of esters is 1. The number of hydrogen-bond donors (Lipinski definition) is 1. The molecule has 0 saturated carbocycles. The van der Waals surface area contributed by atoms with E-state index in [2.05, 4.69) is 26.0 Å². The fourth-order valence-corrected chi connectivity index (χ4v) is 1.74. The molecular weight excluding hydrogens is 214 g/mol. The van der Waals surface area contributed by atoms with Gasteiger partial charge in [0.15, 0.2) is 0 Å². The van der Waals surface area contributed by atoms with Gasteiger partial charge in [-0.3, -0.25) is 4.79 Å². The van der Waals surface area contributed by atoms with Gasteiger partial charge in [0.2, 0.25) is 0 Å². The molecule has 3 heteroatoms. The molecule has 0 radical (unpaired) electrons. The number of carbonyl (C=O) groups is 1. The molecule has 0 aromatic heterocycles. The Morgan fingerprint density at radius 1 is 1.24 bits per heavy atom. The van der Waals surface area contributed by atoms with E-state index in [0.29, 0.717) is 0 Å². The summed E-state index contributed by atoms with van der Waals surface area (Å²) >= 11 is 0. The molecule has 17 heavy (non-hydrogen) atoms. The van der Waals surface area contributed by atoms with Gasteiger partial charge >= 0.3 is 5.97 Å². The third kappa shape index (κ3) is 3.56. The minimum atomic E-state index is -0.568. The average molecular weight is 235 g/mol. The SMILES string of the molecule is Cc1ccccc1C(C)C(C)OC(=O)C(C)N. The summed E-state index contributed by atoms with van der Waals surface area (Å²) in [5.41, 5.74) is 7.90. The molecule has 3 atom stereocenters. The van der Waals surface area contributed by atoms with Crippen LogP contribution in [0.1, 0.15) is 37.8 Å². The summed E-state index contributed by atoms with van der Waals surface area (Å²) in [5, 5.41) is 0. The van der Waals surface area contributed by atoms with Gasteiger partial charge in [0.25, 0.3) is 0 Å². The zero-order chi connectivity index (χ0) is 13.0. The number of ether oxygens (including phenoxy) is 1. The van der Waals surface area contributed by atoms with Crippen molar-refractivity contribution < 1.29 is 9.53 Å². The normalized spacial score (nSPS) is 16.1. The van der Waals surface area contributed by atoms with E-state index in [1.165, 1.54) is 11.1 Å². The van der Waals surface area contributed by atoms with Crippen molar-refractivity contribution in [3.63, 3.8) is 0 Å². The van der Waals surface area contributed by atoms with Crippen LogP contribution < -0.4 is 5.73 Å². The maximum Gasteiger partial charge on any atom is 0.322 e. The second-order valence-corrected chi connectivity index (χ2v) is 4.58. The molecule has 0 aliphatic heterocycles. The van der Waals surface area contributed by atoms with Crippen molar-refractivity contribution in [2.75, 3.05) is 0 Å². The molecule has 94 valence electrons. The number of aryl methyl sites for hydroxylation is 1. The van der Waals surface area contributed by atoms with Crippen LogP contribution in [0.4, 0.5) is 0 Å². The Hall–Kier alpha value is -1.35. The van der Waals surface area contributed by atoms with Crippen molar-refractivity contribution in [1.29, 1.82) is 0 Å². The van der Waals surface area contributed by atoms with E-state index in [4.69, 9.17) is 10.5 Å². The standard InChI is InChI=1S/C14H21NO2/c1-9-7-5-6-8-13(9)10(2)12(4)17-14(16)11(3)15/h5-8,10-12H,15H2,1-4H3. The summed E-state index contributed by atoms with van der Waals surface area (Å²) in [7, 11) is 0. The molecule has 0 aliphatic rings. The molecule has 1 aromatic carbocycles. The highest BCUT2D eigenvalue weighted by Crippen LogP contribution is 2.24. The topological polar surface area (TPSA) is 52.3 Å². The zero-order valence-corrected chi connectivity index (χ0v) is 10.9. The summed E-state index contributed by atoms with van der Waals surface area (Å²) < 4.78 is 5.32. The molecular formula is C14H21NO2. The van der Waals surface area contributed by atoms with E-state index in [1.54, 1.807) is 6.92 Å². The van der Waals surface area contributed by atoms with Crippen LogP contribution in [0.2, 0.25) is 0 Å². The van der Waals surface area contributed by atoms with Crippen molar-refractivity contribution in [2.45, 2.75) is 45.8 Å². The second kappa shape index (κ2) is 5.82. The summed E-state index contributed by atoms with van der Waals surface area (Å²) in [4.78, 5) is 11.4. The molecule has 3 unspecified atom stereocenters. The van der Waals surface area contributed by atoms with Gasteiger partial charge in [-0.2, -0.15) is 0 Å². The Morgan fingerprint density at radius 2 is 1.82 bits per heavy atom. The largest absolute Gasteiger partial charge is 0.461 e. The Balaban J connectivity index is 2.73. The first kappa shape index (κ1) is 13.7. The van der Waals surface area contributed by atoms with Crippen LogP contribution in [0.5, 0.6) is 0 Å². The minimum absolute atomic E-state index is 0.166. The molecule has 0 bridgehead atoms. The highest BCUT2D eigenvalue weighted by molar-refractivity contribution is 5.75. The molecule has 1 aromatic rings. The second-order valence-electron chi connectivity index (χ2n) is 4.58. The lowest BCUT2D eigenvalue weighted by molar-refractivity contribution is -0.150. The summed E-state index contributed by atoms with van der Waals surface area (Å²) in [6.45, 7) is 7.65. The van der Waals surface area contributed by atoms with Gasteiger partial charge in [-0.25, -0.2) is 0 Å². The van der Waals surface area contributed by atoms with Gasteiger partial charge in [0.1, 0.15) is 12.1 Å². The van der Waals surface area contributed by atoms with Crippen LogP contribution in [0.25, 0.3) is 0 Å². The number of carbonyl (C=O) groups excluding carboxylic acids is 1. The van der Waals surface area contributed by atoms with Crippen molar-refractivity contribution in [3.8, 4) is 0 Å². The van der Waals surface area contributed by atoms with Crippen LogP contribution in [0.3, 0.4) is 0 Å². The van der Waals surface area contributed by atoms with Crippen molar-refractivity contribution in [3.05, 3.63) is 35.4 Å². The fraction of sp³-hybridized carbons (Fsp3) is 0.500. The third-order valence-corrected chi connectivity index (χ3v) is 3.06. The highest BCUT2D eigenvalue weighted by atomic mass is 16.5. The van der Waals surface area contributed by atoms with Crippen LogP contribution in [-0.2, 0) is 9.53 Å². The van der Waals surface area contributed by atoms with Crippen LogP contribution in [-0.4, -0.2) is 18.1 Å². The minimum Gasteiger partial charge on any atom is -0.461 e. The number of nitrogens with two attached hydrogens (primary N) is 1. The first-order chi connectivity index (χ1) is 7.93. The predicted molar refractivity (Wildman–Crippen MR) is 68.8 cm³/mol. The molecule has 3 nitrogen and oxygen atoms in total. The van der Waals surface area contributed by atoms with Gasteiger partial charge in [-0.1, -0.05) is 31.2 Å². The van der Waals surface area contributed by atoms with Crippen molar-refractivity contribution in [1.82, 2.24) is 0 Å². The van der Waals surface area contributed by atoms with Gasteiger partial charge in [0.05, 0.1) is 0 Å². The fourth-order valence-electron chi connectivity index (χ4n) is 1.74. The molecule has 0 aliphatic carbocycles. The molecule has 0 saturated heterocycles.